The summed E-state index contributed by atoms with van der Waals surface area (Å²) in [5.41, 5.74) is 3.31. The highest BCUT2D eigenvalue weighted by molar-refractivity contribution is 7.17. The van der Waals surface area contributed by atoms with Gasteiger partial charge in [-0.25, -0.2) is 9.97 Å². The van der Waals surface area contributed by atoms with Gasteiger partial charge in [-0.2, -0.15) is 5.10 Å². The molecule has 4 rings (SSSR count). The Morgan fingerprint density at radius 3 is 3.17 bits per heavy atom. The van der Waals surface area contributed by atoms with Gasteiger partial charge in [-0.3, -0.25) is 9.89 Å². The first-order chi connectivity index (χ1) is 11.7. The summed E-state index contributed by atoms with van der Waals surface area (Å²) in [5.74, 6) is 0.739. The Labute approximate surface area is 139 Å². The molecule has 24 heavy (non-hydrogen) atoms. The molecule has 4 aromatic rings. The van der Waals surface area contributed by atoms with Crippen molar-refractivity contribution in [3.8, 4) is 11.3 Å². The Hall–Kier alpha value is -3.07. The Morgan fingerprint density at radius 2 is 2.33 bits per heavy atom. The summed E-state index contributed by atoms with van der Waals surface area (Å²) in [6.45, 7) is 1.81. The van der Waals surface area contributed by atoms with Crippen LogP contribution in [0, 0.1) is 6.92 Å². The van der Waals surface area contributed by atoms with Crippen molar-refractivity contribution in [1.29, 1.82) is 0 Å². The van der Waals surface area contributed by atoms with E-state index in [0.29, 0.717) is 11.6 Å². The number of carbonyl (C=O) groups excluding carboxylic acids is 1. The molecule has 0 saturated heterocycles. The lowest BCUT2D eigenvalue weighted by molar-refractivity contribution is -0.115. The third kappa shape index (κ3) is 2.76. The molecule has 8 nitrogen and oxygen atoms in total. The Balaban J connectivity index is 1.51. The molecule has 0 atom stereocenters. The molecule has 120 valence electrons. The van der Waals surface area contributed by atoms with E-state index < -0.39 is 0 Å². The number of aromatic amines is 1. The minimum Gasteiger partial charge on any atom is -0.361 e. The molecule has 0 spiro atoms. The van der Waals surface area contributed by atoms with Gasteiger partial charge in [0.15, 0.2) is 5.82 Å². The number of amides is 1. The number of hydrogen-bond donors (Lipinski definition) is 2. The largest absolute Gasteiger partial charge is 0.361 e. The van der Waals surface area contributed by atoms with Gasteiger partial charge in [0.25, 0.3) is 0 Å². The predicted molar refractivity (Wildman–Crippen MR) is 88.6 cm³/mol. The van der Waals surface area contributed by atoms with Crippen molar-refractivity contribution in [2.24, 2.45) is 0 Å². The van der Waals surface area contributed by atoms with Crippen LogP contribution in [0.3, 0.4) is 0 Å². The summed E-state index contributed by atoms with van der Waals surface area (Å²) in [6, 6.07) is 3.50. The maximum atomic E-state index is 12.0. The third-order valence-corrected chi connectivity index (χ3v) is 4.29. The van der Waals surface area contributed by atoms with Gasteiger partial charge in [-0.1, -0.05) is 5.16 Å². The summed E-state index contributed by atoms with van der Waals surface area (Å²) in [6.07, 6.45) is 3.39. The molecular weight excluding hydrogens is 328 g/mol. The zero-order chi connectivity index (χ0) is 16.5. The first kappa shape index (κ1) is 14.5. The van der Waals surface area contributed by atoms with Crippen molar-refractivity contribution in [1.82, 2.24) is 25.3 Å². The Morgan fingerprint density at radius 1 is 1.42 bits per heavy atom. The molecule has 2 N–H and O–H groups in total. The number of rotatable bonds is 4. The van der Waals surface area contributed by atoms with E-state index in [1.165, 1.54) is 6.33 Å². The number of aryl methyl sites for hydroxylation is 1. The standard InChI is InChI=1S/C15H12N6O2S/c1-8-2-9(23-21-8)3-14(22)18-13-4-11(19-20-13)10-6-24-12-5-16-7-17-15(10)12/h2,4-7H,3H2,1H3,(H2,18,19,20,22). The predicted octanol–water partition coefficient (Wildman–Crippen LogP) is 2.56. The van der Waals surface area contributed by atoms with Crippen molar-refractivity contribution in [3.63, 3.8) is 0 Å². The van der Waals surface area contributed by atoms with Gasteiger partial charge in [0, 0.05) is 29.3 Å². The average Bonchev–Trinajstić information content (AvgIpc) is 3.27. The van der Waals surface area contributed by atoms with E-state index in [1.807, 2.05) is 5.38 Å². The molecule has 0 saturated carbocycles. The van der Waals surface area contributed by atoms with Crippen LogP contribution in [0.4, 0.5) is 5.82 Å². The van der Waals surface area contributed by atoms with Crippen molar-refractivity contribution < 1.29 is 9.32 Å². The quantitative estimate of drug-likeness (QED) is 0.591. The number of thiophene rings is 1. The van der Waals surface area contributed by atoms with Crippen LogP contribution in [0.2, 0.25) is 0 Å². The third-order valence-electron chi connectivity index (χ3n) is 3.38. The van der Waals surface area contributed by atoms with Gasteiger partial charge >= 0.3 is 0 Å². The second-order valence-electron chi connectivity index (χ2n) is 5.21. The molecule has 0 aliphatic rings. The number of anilines is 1. The van der Waals surface area contributed by atoms with E-state index in [2.05, 4.69) is 30.6 Å². The zero-order valence-electron chi connectivity index (χ0n) is 12.6. The summed E-state index contributed by atoms with van der Waals surface area (Å²) >= 11 is 1.56. The smallest absolute Gasteiger partial charge is 0.233 e. The maximum Gasteiger partial charge on any atom is 0.233 e. The molecule has 0 fully saturated rings. The molecule has 0 aliphatic carbocycles. The monoisotopic (exact) mass is 340 g/mol. The summed E-state index contributed by atoms with van der Waals surface area (Å²) < 4.78 is 6.03. The molecule has 1 amide bonds. The number of H-pyrrole nitrogens is 1. The molecule has 9 heteroatoms. The molecule has 0 radical (unpaired) electrons. The summed E-state index contributed by atoms with van der Waals surface area (Å²) in [5, 5.41) is 15.5. The van der Waals surface area contributed by atoms with Crippen LogP contribution in [-0.4, -0.2) is 31.2 Å². The minimum absolute atomic E-state index is 0.109. The second kappa shape index (κ2) is 5.85. The van der Waals surface area contributed by atoms with E-state index in [0.717, 1.165) is 27.2 Å². The number of nitrogens with zero attached hydrogens (tertiary/aromatic N) is 4. The van der Waals surface area contributed by atoms with Crippen molar-refractivity contribution >= 4 is 33.3 Å². The van der Waals surface area contributed by atoms with Gasteiger partial charge in [0.05, 0.1) is 28.0 Å². The Bertz CT molecular complexity index is 1020. The number of fused-ring (bicyclic) bond motifs is 1. The minimum atomic E-state index is -0.221. The van der Waals surface area contributed by atoms with Crippen LogP contribution >= 0.6 is 11.3 Å². The highest BCUT2D eigenvalue weighted by Gasteiger charge is 2.13. The van der Waals surface area contributed by atoms with Crippen molar-refractivity contribution in [3.05, 3.63) is 41.5 Å². The van der Waals surface area contributed by atoms with Crippen LogP contribution in [0.1, 0.15) is 11.5 Å². The van der Waals surface area contributed by atoms with Crippen LogP contribution in [0.15, 0.2) is 34.6 Å². The van der Waals surface area contributed by atoms with Crippen LogP contribution < -0.4 is 5.32 Å². The number of carbonyl (C=O) groups is 1. The van der Waals surface area contributed by atoms with E-state index in [-0.39, 0.29) is 12.3 Å². The summed E-state index contributed by atoms with van der Waals surface area (Å²) in [4.78, 5) is 20.3. The fourth-order valence-electron chi connectivity index (χ4n) is 2.34. The normalized spacial score (nSPS) is 11.0. The number of aromatic nitrogens is 5. The average molecular weight is 340 g/mol. The van der Waals surface area contributed by atoms with Crippen LogP contribution in [0.25, 0.3) is 21.5 Å². The Kier molecular flexibility index (Phi) is 3.54. The molecule has 0 aromatic carbocycles. The molecule has 4 heterocycles. The van der Waals surface area contributed by atoms with E-state index in [4.69, 9.17) is 4.52 Å². The van der Waals surface area contributed by atoms with Gasteiger partial charge in [-0.15, -0.1) is 11.3 Å². The van der Waals surface area contributed by atoms with Gasteiger partial charge in [0.2, 0.25) is 5.91 Å². The molecule has 4 aromatic heterocycles. The molecule has 0 unspecified atom stereocenters. The lowest BCUT2D eigenvalue weighted by Gasteiger charge is -1.98. The van der Waals surface area contributed by atoms with Gasteiger partial charge in [0.1, 0.15) is 12.1 Å². The zero-order valence-corrected chi connectivity index (χ0v) is 13.4. The van der Waals surface area contributed by atoms with Crippen molar-refractivity contribution in [2.75, 3.05) is 5.32 Å². The number of nitrogens with one attached hydrogen (secondary N) is 2. The van der Waals surface area contributed by atoms with Crippen LogP contribution in [-0.2, 0) is 11.2 Å². The van der Waals surface area contributed by atoms with Gasteiger partial charge < -0.3 is 9.84 Å². The van der Waals surface area contributed by atoms with Gasteiger partial charge in [-0.05, 0) is 6.92 Å². The lowest BCUT2D eigenvalue weighted by atomic mass is 10.2. The lowest BCUT2D eigenvalue weighted by Crippen LogP contribution is -2.14. The molecule has 0 bridgehead atoms. The topological polar surface area (TPSA) is 110 Å². The van der Waals surface area contributed by atoms with E-state index in [9.17, 15) is 4.79 Å². The first-order valence-corrected chi connectivity index (χ1v) is 8.02. The maximum absolute atomic E-state index is 12.0. The second-order valence-corrected chi connectivity index (χ2v) is 6.12. The fourth-order valence-corrected chi connectivity index (χ4v) is 3.22. The first-order valence-electron chi connectivity index (χ1n) is 7.14. The van der Waals surface area contributed by atoms with E-state index >= 15 is 0 Å². The highest BCUT2D eigenvalue weighted by atomic mass is 32.1. The number of hydrogen-bond acceptors (Lipinski definition) is 7. The summed E-state index contributed by atoms with van der Waals surface area (Å²) in [7, 11) is 0. The molecular formula is C15H12N6O2S. The fraction of sp³-hybridized carbons (Fsp3) is 0.133. The molecule has 0 aliphatic heterocycles. The van der Waals surface area contributed by atoms with Crippen molar-refractivity contribution in [2.45, 2.75) is 13.3 Å². The van der Waals surface area contributed by atoms with Crippen LogP contribution in [0.5, 0.6) is 0 Å². The van der Waals surface area contributed by atoms with E-state index in [1.54, 1.807) is 36.6 Å². The SMILES string of the molecule is Cc1cc(CC(=O)Nc2cc(-c3csc4cncnc34)[nH]n2)on1. The highest BCUT2D eigenvalue weighted by Crippen LogP contribution is 2.31.